The van der Waals surface area contributed by atoms with Crippen molar-refractivity contribution in [1.29, 1.82) is 0 Å². The zero-order chi connectivity index (χ0) is 17.6. The molecule has 25 heavy (non-hydrogen) atoms. The molecular weight excluding hydrogens is 334 g/mol. The Bertz CT molecular complexity index is 861. The summed E-state index contributed by atoms with van der Waals surface area (Å²) in [7, 11) is 0. The maximum Gasteiger partial charge on any atom is 0.274 e. The molecule has 0 fully saturated rings. The van der Waals surface area contributed by atoms with Crippen LogP contribution >= 0.6 is 11.6 Å². The smallest absolute Gasteiger partial charge is 0.274 e. The number of benzene rings is 2. The van der Waals surface area contributed by atoms with Gasteiger partial charge in [-0.2, -0.15) is 0 Å². The molecule has 126 valence electrons. The molecule has 1 amide bonds. The zero-order valence-corrected chi connectivity index (χ0v) is 14.5. The number of rotatable bonds is 5. The Labute approximate surface area is 151 Å². The van der Waals surface area contributed by atoms with Crippen LogP contribution in [0.25, 0.3) is 0 Å². The summed E-state index contributed by atoms with van der Waals surface area (Å²) in [5.41, 5.74) is 4.18. The molecule has 0 aliphatic rings. The molecule has 0 saturated carbocycles. The maximum absolute atomic E-state index is 12.2. The number of carbonyl (C=O) groups is 1. The van der Waals surface area contributed by atoms with E-state index in [1.165, 1.54) is 11.1 Å². The molecule has 2 N–H and O–H groups in total. The van der Waals surface area contributed by atoms with Gasteiger partial charge in [-0.25, -0.2) is 4.98 Å². The van der Waals surface area contributed by atoms with Gasteiger partial charge in [-0.15, -0.1) is 0 Å². The number of anilines is 2. The number of amides is 1. The Morgan fingerprint density at radius 1 is 1.04 bits per heavy atom. The standard InChI is InChI=1S/C20H18ClN3O/c1-14-6-8-15(9-7-14)12-22-16-10-11-19(23-13-16)20(25)24-18-5-3-2-4-17(18)21/h2-11,13,22H,12H2,1H3,(H,24,25). The second kappa shape index (κ2) is 7.81. The van der Waals surface area contributed by atoms with E-state index in [0.29, 0.717) is 22.9 Å². The molecule has 0 unspecified atom stereocenters. The third-order valence-electron chi connectivity index (χ3n) is 3.74. The minimum absolute atomic E-state index is 0.293. The lowest BCUT2D eigenvalue weighted by Gasteiger charge is -2.09. The lowest BCUT2D eigenvalue weighted by atomic mass is 10.1. The van der Waals surface area contributed by atoms with Gasteiger partial charge in [0, 0.05) is 6.54 Å². The van der Waals surface area contributed by atoms with Crippen molar-refractivity contribution < 1.29 is 4.79 Å². The molecule has 2 aromatic carbocycles. The summed E-state index contributed by atoms with van der Waals surface area (Å²) in [4.78, 5) is 16.4. The van der Waals surface area contributed by atoms with Gasteiger partial charge in [-0.1, -0.05) is 53.6 Å². The summed E-state index contributed by atoms with van der Waals surface area (Å²) < 4.78 is 0. The Balaban J connectivity index is 1.60. The van der Waals surface area contributed by atoms with Gasteiger partial charge in [0.1, 0.15) is 5.69 Å². The molecule has 1 aromatic heterocycles. The number of pyridine rings is 1. The van der Waals surface area contributed by atoms with Crippen molar-refractivity contribution in [3.63, 3.8) is 0 Å². The molecule has 5 heteroatoms. The molecule has 0 saturated heterocycles. The predicted molar refractivity (Wildman–Crippen MR) is 102 cm³/mol. The molecule has 0 aliphatic carbocycles. The van der Waals surface area contributed by atoms with Crippen molar-refractivity contribution in [2.24, 2.45) is 0 Å². The molecule has 4 nitrogen and oxygen atoms in total. The second-order valence-electron chi connectivity index (χ2n) is 5.71. The van der Waals surface area contributed by atoms with Crippen molar-refractivity contribution in [1.82, 2.24) is 4.98 Å². The molecule has 0 radical (unpaired) electrons. The Morgan fingerprint density at radius 2 is 1.80 bits per heavy atom. The normalized spacial score (nSPS) is 10.3. The van der Waals surface area contributed by atoms with Crippen LogP contribution in [0.1, 0.15) is 21.6 Å². The quantitative estimate of drug-likeness (QED) is 0.686. The topological polar surface area (TPSA) is 54.0 Å². The van der Waals surface area contributed by atoms with Crippen molar-refractivity contribution in [2.75, 3.05) is 10.6 Å². The average molecular weight is 352 g/mol. The number of hydrogen-bond acceptors (Lipinski definition) is 3. The SMILES string of the molecule is Cc1ccc(CNc2ccc(C(=O)Nc3ccccc3Cl)nc2)cc1. The Kier molecular flexibility index (Phi) is 5.31. The van der Waals surface area contributed by atoms with Gasteiger partial charge >= 0.3 is 0 Å². The van der Waals surface area contributed by atoms with E-state index in [9.17, 15) is 4.79 Å². The number of nitrogens with one attached hydrogen (secondary N) is 2. The van der Waals surface area contributed by atoms with Gasteiger partial charge < -0.3 is 10.6 Å². The molecule has 0 bridgehead atoms. The van der Waals surface area contributed by atoms with E-state index in [4.69, 9.17) is 11.6 Å². The van der Waals surface area contributed by atoms with Crippen LogP contribution in [-0.4, -0.2) is 10.9 Å². The minimum atomic E-state index is -0.293. The first kappa shape index (κ1) is 17.0. The summed E-state index contributed by atoms with van der Waals surface area (Å²) in [5.74, 6) is -0.293. The largest absolute Gasteiger partial charge is 0.380 e. The van der Waals surface area contributed by atoms with Crippen LogP contribution in [0.5, 0.6) is 0 Å². The molecule has 0 atom stereocenters. The van der Waals surface area contributed by atoms with Gasteiger partial charge in [-0.3, -0.25) is 4.79 Å². The van der Waals surface area contributed by atoms with E-state index in [-0.39, 0.29) is 5.91 Å². The van der Waals surface area contributed by atoms with E-state index in [0.717, 1.165) is 5.69 Å². The van der Waals surface area contributed by atoms with Gasteiger partial charge in [-0.05, 0) is 36.8 Å². The highest BCUT2D eigenvalue weighted by atomic mass is 35.5. The van der Waals surface area contributed by atoms with E-state index in [2.05, 4.69) is 46.8 Å². The highest BCUT2D eigenvalue weighted by Crippen LogP contribution is 2.21. The van der Waals surface area contributed by atoms with Gasteiger partial charge in [0.15, 0.2) is 0 Å². The number of nitrogens with zero attached hydrogens (tertiary/aromatic N) is 1. The van der Waals surface area contributed by atoms with E-state index in [1.54, 1.807) is 24.4 Å². The lowest BCUT2D eigenvalue weighted by Crippen LogP contribution is -2.14. The zero-order valence-electron chi connectivity index (χ0n) is 13.8. The van der Waals surface area contributed by atoms with E-state index in [1.807, 2.05) is 18.2 Å². The van der Waals surface area contributed by atoms with Gasteiger partial charge in [0.2, 0.25) is 0 Å². The number of aryl methyl sites for hydroxylation is 1. The van der Waals surface area contributed by atoms with Gasteiger partial charge in [0.25, 0.3) is 5.91 Å². The fourth-order valence-electron chi connectivity index (χ4n) is 2.29. The number of halogens is 1. The predicted octanol–water partition coefficient (Wildman–Crippen LogP) is 4.91. The Morgan fingerprint density at radius 3 is 2.48 bits per heavy atom. The van der Waals surface area contributed by atoms with E-state index < -0.39 is 0 Å². The highest BCUT2D eigenvalue weighted by Gasteiger charge is 2.09. The van der Waals surface area contributed by atoms with Gasteiger partial charge in [0.05, 0.1) is 22.6 Å². The second-order valence-corrected chi connectivity index (χ2v) is 6.11. The number of hydrogen-bond donors (Lipinski definition) is 2. The maximum atomic E-state index is 12.2. The third-order valence-corrected chi connectivity index (χ3v) is 4.07. The summed E-state index contributed by atoms with van der Waals surface area (Å²) in [6.45, 7) is 2.76. The van der Waals surface area contributed by atoms with Crippen LogP contribution in [0.4, 0.5) is 11.4 Å². The molecule has 3 aromatic rings. The molecule has 0 spiro atoms. The van der Waals surface area contributed by atoms with Crippen LogP contribution in [0.3, 0.4) is 0 Å². The van der Waals surface area contributed by atoms with E-state index >= 15 is 0 Å². The van der Waals surface area contributed by atoms with Crippen molar-refractivity contribution in [3.8, 4) is 0 Å². The van der Waals surface area contributed by atoms with Crippen LogP contribution in [0.2, 0.25) is 5.02 Å². The highest BCUT2D eigenvalue weighted by molar-refractivity contribution is 6.33. The van der Waals surface area contributed by atoms with Crippen molar-refractivity contribution in [3.05, 3.63) is 88.7 Å². The van der Waals surface area contributed by atoms with Crippen molar-refractivity contribution in [2.45, 2.75) is 13.5 Å². The molecule has 3 rings (SSSR count). The minimum Gasteiger partial charge on any atom is -0.380 e. The summed E-state index contributed by atoms with van der Waals surface area (Å²) in [5, 5.41) is 6.54. The number of para-hydroxylation sites is 1. The van der Waals surface area contributed by atoms with Crippen LogP contribution in [-0.2, 0) is 6.54 Å². The first-order valence-electron chi connectivity index (χ1n) is 7.93. The fraction of sp³-hybridized carbons (Fsp3) is 0.100. The Hall–Kier alpha value is -2.85. The monoisotopic (exact) mass is 351 g/mol. The first-order chi connectivity index (χ1) is 12.1. The number of aromatic nitrogens is 1. The summed E-state index contributed by atoms with van der Waals surface area (Å²) in [6.07, 6.45) is 1.65. The van der Waals surface area contributed by atoms with Crippen LogP contribution in [0, 0.1) is 6.92 Å². The fourth-order valence-corrected chi connectivity index (χ4v) is 2.47. The van der Waals surface area contributed by atoms with Crippen molar-refractivity contribution >= 4 is 28.9 Å². The van der Waals surface area contributed by atoms with Crippen LogP contribution < -0.4 is 10.6 Å². The molecule has 1 heterocycles. The third kappa shape index (κ3) is 4.58. The molecule has 0 aliphatic heterocycles. The molecular formula is C20H18ClN3O. The summed E-state index contributed by atoms with van der Waals surface area (Å²) in [6, 6.07) is 18.9. The average Bonchev–Trinajstić information content (AvgIpc) is 2.63. The summed E-state index contributed by atoms with van der Waals surface area (Å²) >= 11 is 6.05. The van der Waals surface area contributed by atoms with Crippen LogP contribution in [0.15, 0.2) is 66.9 Å². The first-order valence-corrected chi connectivity index (χ1v) is 8.31. The lowest BCUT2D eigenvalue weighted by molar-refractivity contribution is 0.102. The number of carbonyl (C=O) groups excluding carboxylic acids is 1.